The van der Waals surface area contributed by atoms with Crippen LogP contribution in [0.4, 0.5) is 22.0 Å². The van der Waals surface area contributed by atoms with Gasteiger partial charge in [0.05, 0.1) is 5.56 Å². The fraction of sp³-hybridized carbons (Fsp3) is 0.333. The van der Waals surface area contributed by atoms with Gasteiger partial charge in [-0.3, -0.25) is 24.5 Å². The second-order valence-corrected chi connectivity index (χ2v) is 8.43. The van der Waals surface area contributed by atoms with Gasteiger partial charge in [0, 0.05) is 24.9 Å². The molecule has 1 unspecified atom stereocenters. The molecular weight excluding hydrogens is 491 g/mol. The zero-order valence-corrected chi connectivity index (χ0v) is 18.5. The van der Waals surface area contributed by atoms with Crippen molar-refractivity contribution in [1.82, 2.24) is 10.2 Å². The number of nitrogens with one attached hydrogen (secondary N) is 1. The lowest BCUT2D eigenvalue weighted by molar-refractivity contribution is -0.275. The molecule has 1 atom stereocenters. The van der Waals surface area contributed by atoms with E-state index >= 15 is 0 Å². The number of benzene rings is 2. The topological polar surface area (TPSA) is 92.8 Å². The lowest BCUT2D eigenvalue weighted by Crippen LogP contribution is -2.52. The average molecular weight is 510 g/mol. The highest BCUT2D eigenvalue weighted by Crippen LogP contribution is 2.39. The fourth-order valence-corrected chi connectivity index (χ4v) is 4.29. The van der Waals surface area contributed by atoms with E-state index in [0.29, 0.717) is 28.8 Å². The van der Waals surface area contributed by atoms with Crippen LogP contribution in [0.2, 0.25) is 0 Å². The maximum absolute atomic E-state index is 14.8. The number of hydrogen-bond acceptors (Lipinski definition) is 5. The van der Waals surface area contributed by atoms with Gasteiger partial charge >= 0.3 is 12.3 Å². The molecule has 2 aromatic carbocycles. The first-order valence-corrected chi connectivity index (χ1v) is 10.9. The minimum atomic E-state index is -5.21. The summed E-state index contributed by atoms with van der Waals surface area (Å²) in [7, 11) is 0. The van der Waals surface area contributed by atoms with E-state index in [9.17, 15) is 41.1 Å². The van der Waals surface area contributed by atoms with E-state index < -0.39 is 59.6 Å². The number of para-hydroxylation sites is 1. The van der Waals surface area contributed by atoms with Gasteiger partial charge in [-0.25, -0.2) is 0 Å². The van der Waals surface area contributed by atoms with Crippen LogP contribution in [0.1, 0.15) is 46.3 Å². The number of ether oxygens (including phenoxy) is 1. The van der Waals surface area contributed by atoms with Crippen molar-refractivity contribution < 1.29 is 45.9 Å². The molecule has 4 rings (SSSR count). The number of nitrogens with zero attached hydrogens (tertiary/aromatic N) is 1. The van der Waals surface area contributed by atoms with Gasteiger partial charge in [-0.2, -0.15) is 8.78 Å². The summed E-state index contributed by atoms with van der Waals surface area (Å²) in [4.78, 5) is 49.9. The van der Waals surface area contributed by atoms with Crippen LogP contribution in [0, 0.1) is 0 Å². The van der Waals surface area contributed by atoms with Gasteiger partial charge < -0.3 is 9.64 Å². The Morgan fingerprint density at radius 3 is 2.47 bits per heavy atom. The second-order valence-electron chi connectivity index (χ2n) is 8.43. The highest BCUT2D eigenvalue weighted by molar-refractivity contribution is 6.05. The van der Waals surface area contributed by atoms with Gasteiger partial charge in [-0.05, 0) is 42.2 Å². The van der Waals surface area contributed by atoms with Gasteiger partial charge in [0.1, 0.15) is 11.8 Å². The van der Waals surface area contributed by atoms with Crippen molar-refractivity contribution in [3.8, 4) is 5.75 Å². The molecule has 1 saturated heterocycles. The SMILES string of the molecule is O=C1CCC(N2Cc3cc(CCC(=O)C(F)(F)c4ccccc4OC(F)(F)F)ccc3C2=O)C(=O)N1. The van der Waals surface area contributed by atoms with Crippen LogP contribution in [0.25, 0.3) is 0 Å². The number of rotatable bonds is 7. The van der Waals surface area contributed by atoms with E-state index in [1.165, 1.54) is 17.0 Å². The highest BCUT2D eigenvalue weighted by atomic mass is 19.4. The number of carbonyl (C=O) groups is 4. The lowest BCUT2D eigenvalue weighted by Gasteiger charge is -2.29. The fourth-order valence-electron chi connectivity index (χ4n) is 4.29. The Balaban J connectivity index is 1.45. The zero-order valence-electron chi connectivity index (χ0n) is 18.5. The first-order chi connectivity index (χ1) is 16.9. The normalized spacial score (nSPS) is 18.2. The van der Waals surface area contributed by atoms with Crippen molar-refractivity contribution in [2.45, 2.75) is 50.6 Å². The Morgan fingerprint density at radius 2 is 1.78 bits per heavy atom. The van der Waals surface area contributed by atoms with Crippen LogP contribution in [0.3, 0.4) is 0 Å². The van der Waals surface area contributed by atoms with E-state index in [0.717, 1.165) is 12.1 Å². The molecule has 12 heteroatoms. The monoisotopic (exact) mass is 510 g/mol. The first kappa shape index (κ1) is 25.3. The molecule has 190 valence electrons. The summed E-state index contributed by atoms with van der Waals surface area (Å²) in [6, 6.07) is 7.25. The number of alkyl halides is 5. The summed E-state index contributed by atoms with van der Waals surface area (Å²) in [5.74, 6) is -8.38. The van der Waals surface area contributed by atoms with E-state index in [2.05, 4.69) is 10.1 Å². The van der Waals surface area contributed by atoms with Crippen molar-refractivity contribution in [2.75, 3.05) is 0 Å². The number of Topliss-reactive ketones (excluding diaryl/α,β-unsaturated/α-hetero) is 1. The van der Waals surface area contributed by atoms with Crippen molar-refractivity contribution >= 4 is 23.5 Å². The molecule has 1 fully saturated rings. The predicted molar refractivity (Wildman–Crippen MR) is 113 cm³/mol. The van der Waals surface area contributed by atoms with E-state index in [1.54, 1.807) is 6.07 Å². The molecule has 0 bridgehead atoms. The molecule has 0 spiro atoms. The number of aryl methyl sites for hydroxylation is 1. The molecular formula is C24H19F5N2O5. The zero-order chi connectivity index (χ0) is 26.3. The first-order valence-electron chi connectivity index (χ1n) is 10.9. The minimum absolute atomic E-state index is 0.0700. The summed E-state index contributed by atoms with van der Waals surface area (Å²) in [6.07, 6.45) is -5.78. The van der Waals surface area contributed by atoms with Gasteiger partial charge in [0.25, 0.3) is 5.91 Å². The Bertz CT molecular complexity index is 1240. The smallest absolute Gasteiger partial charge is 0.405 e. The van der Waals surface area contributed by atoms with E-state index in [1.807, 2.05) is 0 Å². The molecule has 2 aromatic rings. The lowest BCUT2D eigenvalue weighted by atomic mass is 9.97. The summed E-state index contributed by atoms with van der Waals surface area (Å²) in [5, 5.41) is 2.19. The quantitative estimate of drug-likeness (QED) is 0.454. The van der Waals surface area contributed by atoms with Gasteiger partial charge in [-0.15, -0.1) is 13.2 Å². The van der Waals surface area contributed by atoms with Crippen LogP contribution < -0.4 is 10.1 Å². The van der Waals surface area contributed by atoms with E-state index in [4.69, 9.17) is 0 Å². The number of amides is 3. The molecule has 36 heavy (non-hydrogen) atoms. The van der Waals surface area contributed by atoms with Crippen LogP contribution in [-0.4, -0.2) is 40.8 Å². The van der Waals surface area contributed by atoms with Crippen LogP contribution in [0.15, 0.2) is 42.5 Å². The number of ketones is 1. The summed E-state index contributed by atoms with van der Waals surface area (Å²) in [6.45, 7) is 0.0700. The molecule has 2 heterocycles. The molecule has 0 saturated carbocycles. The molecule has 0 aromatic heterocycles. The third kappa shape index (κ3) is 5.07. The second kappa shape index (κ2) is 9.32. The molecule has 3 amide bonds. The third-order valence-corrected chi connectivity index (χ3v) is 6.03. The summed E-state index contributed by atoms with van der Waals surface area (Å²) >= 11 is 0. The molecule has 2 aliphatic rings. The number of carbonyl (C=O) groups excluding carboxylic acids is 4. The Labute approximate surface area is 201 Å². The number of imide groups is 1. The average Bonchev–Trinajstić information content (AvgIpc) is 3.12. The summed E-state index contributed by atoms with van der Waals surface area (Å²) in [5.41, 5.74) is 0.117. The molecule has 7 nitrogen and oxygen atoms in total. The highest BCUT2D eigenvalue weighted by Gasteiger charge is 2.44. The van der Waals surface area contributed by atoms with Gasteiger partial charge in [0.2, 0.25) is 17.6 Å². The molecule has 0 radical (unpaired) electrons. The molecule has 1 N–H and O–H groups in total. The van der Waals surface area contributed by atoms with E-state index in [-0.39, 0.29) is 25.8 Å². The molecule has 0 aliphatic carbocycles. The van der Waals surface area contributed by atoms with Gasteiger partial charge in [-0.1, -0.05) is 24.3 Å². The molecule has 2 aliphatic heterocycles. The number of fused-ring (bicyclic) bond motifs is 1. The van der Waals surface area contributed by atoms with Crippen LogP contribution in [-0.2, 0) is 33.3 Å². The Hall–Kier alpha value is -3.83. The van der Waals surface area contributed by atoms with Crippen molar-refractivity contribution in [3.63, 3.8) is 0 Å². The number of hydrogen-bond donors (Lipinski definition) is 1. The number of piperidine rings is 1. The standard InChI is InChI=1S/C24H19F5N2O5/c25-23(26,16-3-1-2-4-18(16)36-24(27,28)29)19(32)9-6-13-5-7-15-14(11-13)12-31(22(15)35)17-8-10-20(33)30-21(17)34/h1-5,7,11,17H,6,8-10,12H2,(H,30,33,34). The predicted octanol–water partition coefficient (Wildman–Crippen LogP) is 3.64. The maximum atomic E-state index is 14.8. The largest absolute Gasteiger partial charge is 0.573 e. The van der Waals surface area contributed by atoms with Crippen molar-refractivity contribution in [2.24, 2.45) is 0 Å². The maximum Gasteiger partial charge on any atom is 0.573 e. The van der Waals surface area contributed by atoms with Gasteiger partial charge in [0.15, 0.2) is 0 Å². The Kier molecular flexibility index (Phi) is 6.54. The number of halogens is 5. The third-order valence-electron chi connectivity index (χ3n) is 6.03. The van der Waals surface area contributed by atoms with Crippen molar-refractivity contribution in [1.29, 1.82) is 0 Å². The van der Waals surface area contributed by atoms with Crippen LogP contribution in [0.5, 0.6) is 5.75 Å². The Morgan fingerprint density at radius 1 is 1.06 bits per heavy atom. The minimum Gasteiger partial charge on any atom is -0.405 e. The summed E-state index contributed by atoms with van der Waals surface area (Å²) < 4.78 is 70.9. The van der Waals surface area contributed by atoms with Crippen LogP contribution >= 0.6 is 0 Å². The van der Waals surface area contributed by atoms with Crippen molar-refractivity contribution in [3.05, 3.63) is 64.7 Å².